The van der Waals surface area contributed by atoms with Gasteiger partial charge in [-0.05, 0) is 70.8 Å². The molecule has 0 radical (unpaired) electrons. The van der Waals surface area contributed by atoms with Gasteiger partial charge in [0.25, 0.3) is 0 Å². The van der Waals surface area contributed by atoms with Crippen molar-refractivity contribution >= 4 is 22.9 Å². The fourth-order valence-electron chi connectivity index (χ4n) is 4.15. The molecule has 0 saturated heterocycles. The summed E-state index contributed by atoms with van der Waals surface area (Å²) in [6.07, 6.45) is 5.61. The average Bonchev–Trinajstić information content (AvgIpc) is 3.02. The minimum absolute atomic E-state index is 0.772. The Bertz CT molecular complexity index is 445. The Labute approximate surface area is 131 Å². The van der Waals surface area contributed by atoms with Crippen molar-refractivity contribution in [2.24, 2.45) is 11.8 Å². The first-order valence-electron chi connectivity index (χ1n) is 7.64. The van der Waals surface area contributed by atoms with E-state index in [1.165, 1.54) is 30.6 Å². The summed E-state index contributed by atoms with van der Waals surface area (Å²) < 4.78 is 0.908. The summed E-state index contributed by atoms with van der Waals surface area (Å²) in [7, 11) is 6.74. The molecule has 1 aromatic heterocycles. The molecular formula is C16H25ClN2S. The van der Waals surface area contributed by atoms with Gasteiger partial charge in [0.15, 0.2) is 0 Å². The van der Waals surface area contributed by atoms with Gasteiger partial charge in [0, 0.05) is 23.5 Å². The van der Waals surface area contributed by atoms with Crippen LogP contribution in [-0.2, 0) is 6.54 Å². The molecule has 3 rings (SSSR count). The third-order valence-electron chi connectivity index (χ3n) is 5.35. The van der Waals surface area contributed by atoms with Crippen LogP contribution in [0.4, 0.5) is 0 Å². The van der Waals surface area contributed by atoms with Crippen molar-refractivity contribution in [3.63, 3.8) is 0 Å². The third kappa shape index (κ3) is 3.06. The maximum Gasteiger partial charge on any atom is 0.0931 e. The summed E-state index contributed by atoms with van der Waals surface area (Å²) in [5.74, 6) is 1.92. The Kier molecular flexibility index (Phi) is 4.42. The van der Waals surface area contributed by atoms with Crippen LogP contribution in [0.5, 0.6) is 0 Å². The van der Waals surface area contributed by atoms with Crippen molar-refractivity contribution in [2.75, 3.05) is 21.1 Å². The van der Waals surface area contributed by atoms with Crippen LogP contribution in [0.2, 0.25) is 4.34 Å². The Morgan fingerprint density at radius 1 is 1.05 bits per heavy atom. The smallest absolute Gasteiger partial charge is 0.0931 e. The van der Waals surface area contributed by atoms with Crippen molar-refractivity contribution in [1.29, 1.82) is 0 Å². The van der Waals surface area contributed by atoms with Crippen LogP contribution in [0.1, 0.15) is 30.6 Å². The lowest BCUT2D eigenvalue weighted by atomic mass is 10.0. The van der Waals surface area contributed by atoms with Crippen LogP contribution in [0.25, 0.3) is 0 Å². The molecule has 0 aliphatic heterocycles. The monoisotopic (exact) mass is 312 g/mol. The zero-order valence-electron chi connectivity index (χ0n) is 12.7. The predicted molar refractivity (Wildman–Crippen MR) is 87.5 cm³/mol. The Morgan fingerprint density at radius 2 is 1.65 bits per heavy atom. The fourth-order valence-corrected chi connectivity index (χ4v) is 5.30. The van der Waals surface area contributed by atoms with Gasteiger partial charge in [-0.15, -0.1) is 11.3 Å². The highest BCUT2D eigenvalue weighted by atomic mass is 35.5. The number of hydrogen-bond donors (Lipinski definition) is 0. The standard InChI is InChI=1S/C16H25ClN2S/c1-18(2)13-6-11-8-14(9-12(11)7-13)19(3)10-15-4-5-16(17)20-15/h4-5,11-14H,6-10H2,1-3H3/t11-,12+,13?,14?. The van der Waals surface area contributed by atoms with E-state index in [4.69, 9.17) is 11.6 Å². The number of rotatable bonds is 4. The molecule has 112 valence electrons. The van der Waals surface area contributed by atoms with E-state index < -0.39 is 0 Å². The Morgan fingerprint density at radius 3 is 2.15 bits per heavy atom. The molecule has 0 aromatic carbocycles. The predicted octanol–water partition coefficient (Wildman–Crippen LogP) is 3.95. The highest BCUT2D eigenvalue weighted by Crippen LogP contribution is 2.46. The summed E-state index contributed by atoms with van der Waals surface area (Å²) in [6.45, 7) is 1.05. The summed E-state index contributed by atoms with van der Waals surface area (Å²) in [6, 6.07) is 5.78. The van der Waals surface area contributed by atoms with Crippen LogP contribution in [0, 0.1) is 11.8 Å². The summed E-state index contributed by atoms with van der Waals surface area (Å²) in [5.41, 5.74) is 0. The molecule has 2 aliphatic rings. The second-order valence-corrected chi connectivity index (χ2v) is 8.65. The zero-order chi connectivity index (χ0) is 14.3. The van der Waals surface area contributed by atoms with Gasteiger partial charge in [-0.25, -0.2) is 0 Å². The van der Waals surface area contributed by atoms with E-state index in [1.807, 2.05) is 6.07 Å². The van der Waals surface area contributed by atoms with Crippen molar-refractivity contribution in [3.8, 4) is 0 Å². The quantitative estimate of drug-likeness (QED) is 0.830. The molecule has 2 nitrogen and oxygen atoms in total. The molecule has 0 amide bonds. The molecule has 0 spiro atoms. The van der Waals surface area contributed by atoms with Crippen LogP contribution in [0.3, 0.4) is 0 Å². The van der Waals surface area contributed by atoms with Gasteiger partial charge < -0.3 is 4.90 Å². The van der Waals surface area contributed by atoms with Crippen LogP contribution in [-0.4, -0.2) is 43.0 Å². The Hall–Kier alpha value is -0.0900. The number of fused-ring (bicyclic) bond motifs is 1. The first-order chi connectivity index (χ1) is 9.52. The van der Waals surface area contributed by atoms with Crippen molar-refractivity contribution in [2.45, 2.75) is 44.3 Å². The second kappa shape index (κ2) is 5.96. The molecule has 2 fully saturated rings. The van der Waals surface area contributed by atoms with Gasteiger partial charge in [0.05, 0.1) is 4.34 Å². The number of halogens is 1. The normalized spacial score (nSPS) is 33.3. The van der Waals surface area contributed by atoms with E-state index in [-0.39, 0.29) is 0 Å². The lowest BCUT2D eigenvalue weighted by Crippen LogP contribution is -2.31. The average molecular weight is 313 g/mol. The molecule has 2 saturated carbocycles. The van der Waals surface area contributed by atoms with Crippen molar-refractivity contribution in [1.82, 2.24) is 9.80 Å². The van der Waals surface area contributed by atoms with Gasteiger partial charge >= 0.3 is 0 Å². The molecule has 20 heavy (non-hydrogen) atoms. The summed E-state index contributed by atoms with van der Waals surface area (Å²) >= 11 is 7.74. The highest BCUT2D eigenvalue weighted by Gasteiger charge is 2.43. The van der Waals surface area contributed by atoms with E-state index in [0.717, 1.165) is 34.8 Å². The van der Waals surface area contributed by atoms with Gasteiger partial charge in [-0.1, -0.05) is 11.6 Å². The second-order valence-electron chi connectivity index (χ2n) is 6.86. The van der Waals surface area contributed by atoms with Gasteiger partial charge in [0.2, 0.25) is 0 Å². The van der Waals surface area contributed by atoms with E-state index in [9.17, 15) is 0 Å². The lowest BCUT2D eigenvalue weighted by Gasteiger charge is -2.26. The van der Waals surface area contributed by atoms with E-state index in [1.54, 1.807) is 11.3 Å². The number of thiophene rings is 1. The first kappa shape index (κ1) is 14.8. The van der Waals surface area contributed by atoms with E-state index >= 15 is 0 Å². The van der Waals surface area contributed by atoms with Gasteiger partial charge in [-0.3, -0.25) is 4.90 Å². The summed E-state index contributed by atoms with van der Waals surface area (Å²) in [4.78, 5) is 6.36. The maximum absolute atomic E-state index is 6.02. The van der Waals surface area contributed by atoms with Crippen molar-refractivity contribution < 1.29 is 0 Å². The topological polar surface area (TPSA) is 6.48 Å². The lowest BCUT2D eigenvalue weighted by molar-refractivity contribution is 0.213. The number of hydrogen-bond acceptors (Lipinski definition) is 3. The van der Waals surface area contributed by atoms with Crippen LogP contribution < -0.4 is 0 Å². The van der Waals surface area contributed by atoms with Crippen molar-refractivity contribution in [3.05, 3.63) is 21.3 Å². The SMILES string of the molecule is CN(C)C1C[C@@H]2CC(N(C)Cc3ccc(Cl)s3)C[C@@H]2C1. The van der Waals surface area contributed by atoms with Crippen LogP contribution >= 0.6 is 22.9 Å². The minimum atomic E-state index is 0.772. The summed E-state index contributed by atoms with van der Waals surface area (Å²) in [5, 5.41) is 0. The molecule has 1 heterocycles. The zero-order valence-corrected chi connectivity index (χ0v) is 14.3. The molecule has 0 N–H and O–H groups in total. The first-order valence-corrected chi connectivity index (χ1v) is 8.83. The molecule has 2 unspecified atom stereocenters. The largest absolute Gasteiger partial charge is 0.306 e. The molecular weight excluding hydrogens is 288 g/mol. The van der Waals surface area contributed by atoms with E-state index in [2.05, 4.69) is 37.0 Å². The fraction of sp³-hybridized carbons (Fsp3) is 0.750. The van der Waals surface area contributed by atoms with Gasteiger partial charge in [-0.2, -0.15) is 0 Å². The minimum Gasteiger partial charge on any atom is -0.306 e. The third-order valence-corrected chi connectivity index (χ3v) is 6.57. The molecule has 1 aromatic rings. The molecule has 4 heteroatoms. The molecule has 0 bridgehead atoms. The highest BCUT2D eigenvalue weighted by molar-refractivity contribution is 7.16. The molecule has 2 aliphatic carbocycles. The number of nitrogens with zero attached hydrogens (tertiary/aromatic N) is 2. The van der Waals surface area contributed by atoms with Gasteiger partial charge in [0.1, 0.15) is 0 Å². The molecule has 4 atom stereocenters. The maximum atomic E-state index is 6.02. The Balaban J connectivity index is 1.54. The van der Waals surface area contributed by atoms with E-state index in [0.29, 0.717) is 0 Å². The van der Waals surface area contributed by atoms with Crippen LogP contribution in [0.15, 0.2) is 12.1 Å².